The van der Waals surface area contributed by atoms with Crippen molar-refractivity contribution in [3.8, 4) is 12.1 Å². The fraction of sp³-hybridized carbons (Fsp3) is 0.333. The molecule has 0 atom stereocenters. The number of rotatable bonds is 2. The molecule has 0 aromatic rings. The summed E-state index contributed by atoms with van der Waals surface area (Å²) in [7, 11) is 2.60. The molecular formula is C6H6N2O2. The van der Waals surface area contributed by atoms with E-state index in [9.17, 15) is 0 Å². The van der Waals surface area contributed by atoms with Crippen LogP contribution in [-0.4, -0.2) is 14.2 Å². The van der Waals surface area contributed by atoms with E-state index in [2.05, 4.69) is 9.47 Å². The second-order valence-corrected chi connectivity index (χ2v) is 1.29. The molecule has 0 saturated carbocycles. The average Bonchev–Trinajstić information content (AvgIpc) is 2.00. The molecule has 10 heavy (non-hydrogen) atoms. The quantitative estimate of drug-likeness (QED) is 0.412. The molecule has 0 saturated heterocycles. The van der Waals surface area contributed by atoms with E-state index in [0.717, 1.165) is 0 Å². The Morgan fingerprint density at radius 2 is 1.30 bits per heavy atom. The third kappa shape index (κ3) is 1.68. The largest absolute Gasteiger partial charge is 0.484 e. The lowest BCUT2D eigenvalue weighted by molar-refractivity contribution is 0.246. The summed E-state index contributed by atoms with van der Waals surface area (Å²) >= 11 is 0. The summed E-state index contributed by atoms with van der Waals surface area (Å²) in [6, 6.07) is 3.33. The molecule has 0 aliphatic heterocycles. The Bertz CT molecular complexity index is 195. The summed E-state index contributed by atoms with van der Waals surface area (Å²) in [6.45, 7) is 0. The van der Waals surface area contributed by atoms with Gasteiger partial charge in [0.2, 0.25) is 0 Å². The molecule has 0 aliphatic rings. The minimum atomic E-state index is -0.106. The summed E-state index contributed by atoms with van der Waals surface area (Å²) in [5.74, 6) is -0.213. The van der Waals surface area contributed by atoms with Gasteiger partial charge in [0.15, 0.2) is 0 Å². The molecule has 4 heteroatoms. The standard InChI is InChI=1S/C6H6N2O2/c1-9-5(3-7)6(4-8)10-2/h1-2H3/b6-5-. The molecule has 0 amide bonds. The van der Waals surface area contributed by atoms with Crippen LogP contribution in [0.5, 0.6) is 0 Å². The highest BCUT2D eigenvalue weighted by atomic mass is 16.5. The molecule has 0 radical (unpaired) electrons. The third-order valence-corrected chi connectivity index (χ3v) is 0.818. The summed E-state index contributed by atoms with van der Waals surface area (Å²) < 4.78 is 9.03. The number of ether oxygens (including phenoxy) is 2. The monoisotopic (exact) mass is 138 g/mol. The number of nitrogens with zero attached hydrogens (tertiary/aromatic N) is 2. The van der Waals surface area contributed by atoms with Gasteiger partial charge in [0.1, 0.15) is 12.1 Å². The summed E-state index contributed by atoms with van der Waals surface area (Å²) in [5.41, 5.74) is 0. The Morgan fingerprint density at radius 1 is 1.00 bits per heavy atom. The summed E-state index contributed by atoms with van der Waals surface area (Å²) in [5, 5.41) is 16.6. The predicted molar refractivity (Wildman–Crippen MR) is 32.3 cm³/mol. The third-order valence-electron chi connectivity index (χ3n) is 0.818. The molecule has 0 aromatic heterocycles. The van der Waals surface area contributed by atoms with Crippen molar-refractivity contribution in [3.63, 3.8) is 0 Å². The zero-order chi connectivity index (χ0) is 7.98. The molecule has 0 unspecified atom stereocenters. The second-order valence-electron chi connectivity index (χ2n) is 1.29. The van der Waals surface area contributed by atoms with Gasteiger partial charge in [-0.05, 0) is 0 Å². The van der Waals surface area contributed by atoms with Gasteiger partial charge in [-0.1, -0.05) is 0 Å². The molecule has 52 valence electrons. The van der Waals surface area contributed by atoms with Gasteiger partial charge in [-0.3, -0.25) is 0 Å². The van der Waals surface area contributed by atoms with E-state index < -0.39 is 0 Å². The SMILES string of the molecule is CO/C(C#N)=C(/C#N)OC. The van der Waals surface area contributed by atoms with Gasteiger partial charge in [-0.2, -0.15) is 10.5 Å². The van der Waals surface area contributed by atoms with Crippen molar-refractivity contribution in [1.82, 2.24) is 0 Å². The fourth-order valence-electron chi connectivity index (χ4n) is 0.378. The first-order valence-corrected chi connectivity index (χ1v) is 2.42. The molecule has 0 rings (SSSR count). The Labute approximate surface area is 58.9 Å². The minimum Gasteiger partial charge on any atom is -0.484 e. The van der Waals surface area contributed by atoms with E-state index in [1.54, 1.807) is 12.1 Å². The molecule has 0 heterocycles. The van der Waals surface area contributed by atoms with Crippen molar-refractivity contribution in [2.24, 2.45) is 0 Å². The van der Waals surface area contributed by atoms with Gasteiger partial charge < -0.3 is 9.47 Å². The summed E-state index contributed by atoms with van der Waals surface area (Å²) in [6.07, 6.45) is 0. The normalized spacial score (nSPS) is 10.4. The topological polar surface area (TPSA) is 66.0 Å². The highest BCUT2D eigenvalue weighted by molar-refractivity contribution is 5.27. The molecule has 0 N–H and O–H groups in total. The Balaban J connectivity index is 4.62. The first-order chi connectivity index (χ1) is 4.79. The fourth-order valence-corrected chi connectivity index (χ4v) is 0.378. The number of allylic oxidation sites excluding steroid dienone is 2. The van der Waals surface area contributed by atoms with Crippen LogP contribution >= 0.6 is 0 Å². The van der Waals surface area contributed by atoms with Crippen LogP contribution in [0.15, 0.2) is 11.5 Å². The maximum absolute atomic E-state index is 8.29. The van der Waals surface area contributed by atoms with Crippen molar-refractivity contribution >= 4 is 0 Å². The van der Waals surface area contributed by atoms with Crippen molar-refractivity contribution < 1.29 is 9.47 Å². The zero-order valence-electron chi connectivity index (χ0n) is 5.71. The van der Waals surface area contributed by atoms with Crippen molar-refractivity contribution in [2.75, 3.05) is 14.2 Å². The van der Waals surface area contributed by atoms with Crippen LogP contribution in [0.1, 0.15) is 0 Å². The molecule has 0 spiro atoms. The van der Waals surface area contributed by atoms with E-state index in [1.807, 2.05) is 0 Å². The van der Waals surface area contributed by atoms with Crippen molar-refractivity contribution in [1.29, 1.82) is 10.5 Å². The molecule has 0 bridgehead atoms. The van der Waals surface area contributed by atoms with E-state index in [4.69, 9.17) is 10.5 Å². The number of nitriles is 2. The molecule has 0 fully saturated rings. The van der Waals surface area contributed by atoms with Crippen LogP contribution in [0.4, 0.5) is 0 Å². The van der Waals surface area contributed by atoms with E-state index in [0.29, 0.717) is 0 Å². The van der Waals surface area contributed by atoms with Crippen LogP contribution in [0.2, 0.25) is 0 Å². The average molecular weight is 138 g/mol. The van der Waals surface area contributed by atoms with Crippen LogP contribution in [-0.2, 0) is 9.47 Å². The van der Waals surface area contributed by atoms with Crippen LogP contribution in [0.25, 0.3) is 0 Å². The summed E-state index contributed by atoms with van der Waals surface area (Å²) in [4.78, 5) is 0. The van der Waals surface area contributed by atoms with Crippen LogP contribution in [0, 0.1) is 22.7 Å². The number of methoxy groups -OCH3 is 2. The predicted octanol–water partition coefficient (Wildman–Crippen LogP) is 0.538. The van der Waals surface area contributed by atoms with Crippen LogP contribution in [0.3, 0.4) is 0 Å². The van der Waals surface area contributed by atoms with Crippen LogP contribution < -0.4 is 0 Å². The molecule has 0 aromatic carbocycles. The highest BCUT2D eigenvalue weighted by Crippen LogP contribution is 2.02. The van der Waals surface area contributed by atoms with Gasteiger partial charge in [-0.15, -0.1) is 0 Å². The van der Waals surface area contributed by atoms with E-state index in [1.165, 1.54) is 14.2 Å². The van der Waals surface area contributed by atoms with E-state index in [-0.39, 0.29) is 11.5 Å². The maximum atomic E-state index is 8.29. The number of hydrogen-bond donors (Lipinski definition) is 0. The van der Waals surface area contributed by atoms with Crippen molar-refractivity contribution in [2.45, 2.75) is 0 Å². The molecular weight excluding hydrogens is 132 g/mol. The smallest absolute Gasteiger partial charge is 0.251 e. The van der Waals surface area contributed by atoms with Gasteiger partial charge in [0.25, 0.3) is 11.5 Å². The molecule has 4 nitrogen and oxygen atoms in total. The highest BCUT2D eigenvalue weighted by Gasteiger charge is 2.04. The Kier molecular flexibility index (Phi) is 3.51. The van der Waals surface area contributed by atoms with Gasteiger partial charge in [0.05, 0.1) is 14.2 Å². The van der Waals surface area contributed by atoms with Gasteiger partial charge in [0, 0.05) is 0 Å². The van der Waals surface area contributed by atoms with Gasteiger partial charge >= 0.3 is 0 Å². The van der Waals surface area contributed by atoms with E-state index >= 15 is 0 Å². The lowest BCUT2D eigenvalue weighted by atomic mass is 10.4. The maximum Gasteiger partial charge on any atom is 0.251 e. The Hall–Kier alpha value is -1.68. The van der Waals surface area contributed by atoms with Crippen molar-refractivity contribution in [3.05, 3.63) is 11.5 Å². The minimum absolute atomic E-state index is 0.106. The zero-order valence-corrected chi connectivity index (χ0v) is 5.71. The van der Waals surface area contributed by atoms with Gasteiger partial charge in [-0.25, -0.2) is 0 Å². The number of hydrogen-bond acceptors (Lipinski definition) is 4. The second kappa shape index (κ2) is 4.22. The molecule has 0 aliphatic carbocycles. The Morgan fingerprint density at radius 3 is 1.40 bits per heavy atom. The lowest BCUT2D eigenvalue weighted by Crippen LogP contribution is -1.92. The first-order valence-electron chi connectivity index (χ1n) is 2.42. The first kappa shape index (κ1) is 8.32. The lowest BCUT2D eigenvalue weighted by Gasteiger charge is -1.97.